The lowest BCUT2D eigenvalue weighted by atomic mass is 9.92. The third-order valence-electron chi connectivity index (χ3n) is 6.20. The van der Waals surface area contributed by atoms with Crippen molar-refractivity contribution in [2.24, 2.45) is 11.8 Å². The summed E-state index contributed by atoms with van der Waals surface area (Å²) in [5.74, 6) is -0.729. The molecule has 4 rings (SSSR count). The Bertz CT molecular complexity index is 830. The highest BCUT2D eigenvalue weighted by Crippen LogP contribution is 2.32. The summed E-state index contributed by atoms with van der Waals surface area (Å²) in [5.41, 5.74) is 14.0. The summed E-state index contributed by atoms with van der Waals surface area (Å²) in [5, 5.41) is 14.5. The highest BCUT2D eigenvalue weighted by atomic mass is 16.5. The fourth-order valence-corrected chi connectivity index (χ4v) is 4.63. The van der Waals surface area contributed by atoms with Crippen molar-refractivity contribution in [3.8, 4) is 0 Å². The monoisotopic (exact) mass is 431 g/mol. The molecule has 1 unspecified atom stereocenters. The highest BCUT2D eigenvalue weighted by Gasteiger charge is 2.39. The molecule has 2 heterocycles. The van der Waals surface area contributed by atoms with Crippen LogP contribution in [0, 0.1) is 11.8 Å². The molecular weight excluding hydrogens is 402 g/mol. The van der Waals surface area contributed by atoms with Crippen molar-refractivity contribution in [1.82, 2.24) is 21.0 Å². The van der Waals surface area contributed by atoms with Crippen molar-refractivity contribution in [2.45, 2.75) is 44.6 Å². The standard InChI is InChI=1S/C20H29N7O4/c28-12-26(31)11-14(9-13-3-1-2-4-13)20(30)27-18(7-8-21-27)19(29)22-15-5-6-16-17(10-15)24-25-23-16/h5-6,10,12-14,18,21,23-25,31H,1-4,7-9,11H2,(H,22,29)/t14?,18-/m0/s1. The minimum Gasteiger partial charge on any atom is -0.324 e. The van der Waals surface area contributed by atoms with Crippen LogP contribution in [0.3, 0.4) is 0 Å². The van der Waals surface area contributed by atoms with Gasteiger partial charge in [0.05, 0.1) is 23.8 Å². The van der Waals surface area contributed by atoms with Gasteiger partial charge in [0.15, 0.2) is 0 Å². The van der Waals surface area contributed by atoms with Gasteiger partial charge in [0.25, 0.3) is 0 Å². The molecule has 1 aromatic rings. The lowest BCUT2D eigenvalue weighted by Crippen LogP contribution is -2.51. The fraction of sp³-hybridized carbons (Fsp3) is 0.550. The number of hydrazine groups is 3. The van der Waals surface area contributed by atoms with E-state index >= 15 is 0 Å². The number of hydrogen-bond donors (Lipinski definition) is 6. The van der Waals surface area contributed by atoms with E-state index in [1.54, 1.807) is 12.1 Å². The number of hydrogen-bond acceptors (Lipinski definition) is 8. The number of anilines is 3. The zero-order valence-electron chi connectivity index (χ0n) is 17.3. The normalized spacial score (nSPS) is 21.2. The van der Waals surface area contributed by atoms with Gasteiger partial charge in [-0.1, -0.05) is 25.7 Å². The van der Waals surface area contributed by atoms with Gasteiger partial charge in [-0.25, -0.2) is 10.5 Å². The Hall–Kier alpha value is -2.89. The first-order valence-corrected chi connectivity index (χ1v) is 10.7. The molecule has 168 valence electrons. The number of carbonyl (C=O) groups excluding carboxylic acids is 3. The maximum absolute atomic E-state index is 13.3. The van der Waals surface area contributed by atoms with E-state index in [0.29, 0.717) is 42.5 Å². The van der Waals surface area contributed by atoms with Gasteiger partial charge in [0.1, 0.15) is 6.04 Å². The first-order chi connectivity index (χ1) is 15.0. The molecule has 0 spiro atoms. The molecule has 31 heavy (non-hydrogen) atoms. The lowest BCUT2D eigenvalue weighted by molar-refractivity contribution is -0.159. The van der Waals surface area contributed by atoms with E-state index in [2.05, 4.69) is 27.1 Å². The minimum atomic E-state index is -0.667. The summed E-state index contributed by atoms with van der Waals surface area (Å²) in [6.45, 7) is 0.415. The maximum Gasteiger partial charge on any atom is 0.248 e. The number of nitrogens with zero attached hydrogens (tertiary/aromatic N) is 2. The zero-order valence-corrected chi connectivity index (χ0v) is 17.3. The number of nitrogens with one attached hydrogen (secondary N) is 5. The summed E-state index contributed by atoms with van der Waals surface area (Å²) >= 11 is 0. The average Bonchev–Trinajstić information content (AvgIpc) is 3.53. The topological polar surface area (TPSA) is 138 Å². The van der Waals surface area contributed by atoms with Crippen LogP contribution in [0.2, 0.25) is 0 Å². The maximum atomic E-state index is 13.3. The van der Waals surface area contributed by atoms with E-state index in [9.17, 15) is 19.6 Å². The predicted molar refractivity (Wildman–Crippen MR) is 113 cm³/mol. The zero-order chi connectivity index (χ0) is 21.8. The molecule has 1 aliphatic carbocycles. The van der Waals surface area contributed by atoms with Crippen LogP contribution in [-0.4, -0.2) is 52.6 Å². The van der Waals surface area contributed by atoms with Gasteiger partial charge < -0.3 is 16.2 Å². The van der Waals surface area contributed by atoms with Crippen LogP contribution >= 0.6 is 0 Å². The summed E-state index contributed by atoms with van der Waals surface area (Å²) < 4.78 is 0. The molecule has 2 aliphatic heterocycles. The Morgan fingerprint density at radius 1 is 1.23 bits per heavy atom. The van der Waals surface area contributed by atoms with E-state index in [4.69, 9.17) is 0 Å². The Labute approximate surface area is 180 Å². The minimum absolute atomic E-state index is 0.0815. The number of fused-ring (bicyclic) bond motifs is 1. The third kappa shape index (κ3) is 4.89. The molecule has 11 heteroatoms. The molecule has 1 aromatic carbocycles. The second-order valence-corrected chi connectivity index (χ2v) is 8.36. The summed E-state index contributed by atoms with van der Waals surface area (Å²) in [4.78, 5) is 37.2. The van der Waals surface area contributed by atoms with Crippen molar-refractivity contribution < 1.29 is 19.6 Å². The number of carbonyl (C=O) groups is 3. The molecule has 11 nitrogen and oxygen atoms in total. The molecule has 2 atom stereocenters. The van der Waals surface area contributed by atoms with E-state index in [-0.39, 0.29) is 18.4 Å². The van der Waals surface area contributed by atoms with Crippen molar-refractivity contribution in [3.63, 3.8) is 0 Å². The summed E-state index contributed by atoms with van der Waals surface area (Å²) in [6, 6.07) is 4.75. The first-order valence-electron chi connectivity index (χ1n) is 10.7. The average molecular weight is 431 g/mol. The number of rotatable bonds is 8. The second kappa shape index (κ2) is 9.50. The molecule has 0 aromatic heterocycles. The molecule has 6 N–H and O–H groups in total. The summed E-state index contributed by atoms with van der Waals surface area (Å²) in [6.07, 6.45) is 5.74. The smallest absolute Gasteiger partial charge is 0.248 e. The molecule has 3 aliphatic rings. The molecule has 1 saturated heterocycles. The van der Waals surface area contributed by atoms with Crippen LogP contribution in [0.25, 0.3) is 0 Å². The second-order valence-electron chi connectivity index (χ2n) is 8.36. The van der Waals surface area contributed by atoms with Crippen molar-refractivity contribution in [1.29, 1.82) is 0 Å². The van der Waals surface area contributed by atoms with E-state index in [1.165, 1.54) is 5.01 Å². The molecule has 1 saturated carbocycles. The lowest BCUT2D eigenvalue weighted by Gasteiger charge is -2.30. The van der Waals surface area contributed by atoms with Crippen LogP contribution in [0.4, 0.5) is 17.1 Å². The highest BCUT2D eigenvalue weighted by molar-refractivity contribution is 5.98. The molecular formula is C20H29N7O4. The van der Waals surface area contributed by atoms with Crippen molar-refractivity contribution in [3.05, 3.63) is 18.2 Å². The first kappa shape index (κ1) is 21.3. The molecule has 2 fully saturated rings. The Balaban J connectivity index is 1.43. The van der Waals surface area contributed by atoms with Crippen molar-refractivity contribution in [2.75, 3.05) is 29.3 Å². The van der Waals surface area contributed by atoms with E-state index in [0.717, 1.165) is 37.1 Å². The van der Waals surface area contributed by atoms with Crippen LogP contribution in [0.1, 0.15) is 38.5 Å². The predicted octanol–water partition coefficient (Wildman–Crippen LogP) is 1.03. The number of hydroxylamine groups is 2. The van der Waals surface area contributed by atoms with Gasteiger partial charge in [-0.05, 0) is 37.0 Å². The van der Waals surface area contributed by atoms with Gasteiger partial charge in [-0.3, -0.25) is 24.6 Å². The molecule has 0 radical (unpaired) electrons. The van der Waals surface area contributed by atoms with Gasteiger partial charge in [0, 0.05) is 12.2 Å². The van der Waals surface area contributed by atoms with Gasteiger partial charge in [0.2, 0.25) is 18.2 Å². The Morgan fingerprint density at radius 2 is 2.00 bits per heavy atom. The van der Waals surface area contributed by atoms with Crippen LogP contribution < -0.4 is 27.1 Å². The largest absolute Gasteiger partial charge is 0.324 e. The SMILES string of the molecule is O=CN(O)CC(CC1CCCC1)C(=O)N1NCC[C@H]1C(=O)Nc1ccc2c(c1)NNN2. The van der Waals surface area contributed by atoms with Crippen molar-refractivity contribution >= 4 is 35.3 Å². The molecule has 0 bridgehead atoms. The van der Waals surface area contributed by atoms with Crippen LogP contribution in [0.5, 0.6) is 0 Å². The van der Waals surface area contributed by atoms with Gasteiger partial charge in [-0.2, -0.15) is 0 Å². The van der Waals surface area contributed by atoms with Gasteiger partial charge >= 0.3 is 0 Å². The number of benzene rings is 1. The van der Waals surface area contributed by atoms with Crippen LogP contribution in [-0.2, 0) is 14.4 Å². The van der Waals surface area contributed by atoms with E-state index in [1.807, 2.05) is 6.07 Å². The third-order valence-corrected chi connectivity index (χ3v) is 6.20. The van der Waals surface area contributed by atoms with Gasteiger partial charge in [-0.15, -0.1) is 5.53 Å². The van der Waals surface area contributed by atoms with Crippen LogP contribution in [0.15, 0.2) is 18.2 Å². The fourth-order valence-electron chi connectivity index (χ4n) is 4.63. The molecule has 3 amide bonds. The number of amides is 3. The Morgan fingerprint density at radius 3 is 2.77 bits per heavy atom. The summed E-state index contributed by atoms with van der Waals surface area (Å²) in [7, 11) is 0. The van der Waals surface area contributed by atoms with E-state index < -0.39 is 12.0 Å². The Kier molecular flexibility index (Phi) is 6.54. The quantitative estimate of drug-likeness (QED) is 0.204.